The Morgan fingerprint density at radius 3 is 2.14 bits per heavy atom. The van der Waals surface area contributed by atoms with Crippen LogP contribution in [0.15, 0.2) is 0 Å². The van der Waals surface area contributed by atoms with Crippen LogP contribution >= 0.6 is 0 Å². The Balaban J connectivity index is 3.35. The van der Waals surface area contributed by atoms with Crippen molar-refractivity contribution in [2.45, 2.75) is 6.92 Å². The summed E-state index contributed by atoms with van der Waals surface area (Å²) in [6, 6.07) is 0.183. The van der Waals surface area contributed by atoms with Crippen LogP contribution in [0.5, 0.6) is 0 Å². The van der Waals surface area contributed by atoms with Crippen LogP contribution in [-0.4, -0.2) is 13.1 Å². The van der Waals surface area contributed by atoms with Crippen molar-refractivity contribution in [2.24, 2.45) is 5.73 Å². The standard InChI is InChI=1S/C4H8NO2/c1-3(5)4(6)7-2/h5H2,1-2H3. The van der Waals surface area contributed by atoms with Gasteiger partial charge in [0.05, 0.1) is 7.11 Å². The molecule has 0 aromatic carbocycles. The monoisotopic (exact) mass is 102 g/mol. The van der Waals surface area contributed by atoms with Gasteiger partial charge in [-0.25, -0.2) is 4.79 Å². The Labute approximate surface area is 42.4 Å². The maximum atomic E-state index is 10.1. The van der Waals surface area contributed by atoms with Gasteiger partial charge in [-0.1, -0.05) is 0 Å². The summed E-state index contributed by atoms with van der Waals surface area (Å²) in [7, 11) is 1.29. The first kappa shape index (κ1) is 6.43. The molecule has 0 unspecified atom stereocenters. The van der Waals surface area contributed by atoms with Crippen LogP contribution in [0.2, 0.25) is 0 Å². The molecular weight excluding hydrogens is 94.0 g/mol. The second-order valence-corrected chi connectivity index (χ2v) is 1.17. The average Bonchev–Trinajstić information content (AvgIpc) is 1.65. The number of esters is 1. The molecule has 1 radical (unpaired) electrons. The molecule has 0 spiro atoms. The Morgan fingerprint density at radius 1 is 1.71 bits per heavy atom. The molecule has 0 atom stereocenters. The van der Waals surface area contributed by atoms with Crippen LogP contribution in [0.25, 0.3) is 0 Å². The van der Waals surface area contributed by atoms with E-state index in [0.29, 0.717) is 0 Å². The third kappa shape index (κ3) is 2.17. The van der Waals surface area contributed by atoms with Crippen molar-refractivity contribution >= 4 is 5.97 Å². The van der Waals surface area contributed by atoms with E-state index in [1.165, 1.54) is 14.0 Å². The highest BCUT2D eigenvalue weighted by Gasteiger charge is 2.05. The molecule has 0 aromatic heterocycles. The van der Waals surface area contributed by atoms with Gasteiger partial charge in [-0.2, -0.15) is 0 Å². The van der Waals surface area contributed by atoms with Crippen molar-refractivity contribution in [3.05, 3.63) is 6.04 Å². The number of carbonyl (C=O) groups excluding carboxylic acids is 1. The van der Waals surface area contributed by atoms with E-state index in [1.807, 2.05) is 0 Å². The molecule has 0 rings (SSSR count). The summed E-state index contributed by atoms with van der Waals surface area (Å²) < 4.78 is 4.21. The van der Waals surface area contributed by atoms with E-state index in [0.717, 1.165) is 0 Å². The SMILES string of the molecule is COC(=O)[C](C)N. The van der Waals surface area contributed by atoms with Crippen molar-refractivity contribution in [2.75, 3.05) is 7.11 Å². The molecule has 0 fully saturated rings. The van der Waals surface area contributed by atoms with Crippen LogP contribution in [-0.2, 0) is 9.53 Å². The zero-order chi connectivity index (χ0) is 5.86. The number of ether oxygens (including phenoxy) is 1. The van der Waals surface area contributed by atoms with Crippen LogP contribution in [0.4, 0.5) is 0 Å². The van der Waals surface area contributed by atoms with E-state index in [2.05, 4.69) is 4.74 Å². The Hall–Kier alpha value is -0.570. The Bertz CT molecular complexity index is 70.1. The van der Waals surface area contributed by atoms with Crippen molar-refractivity contribution in [1.29, 1.82) is 0 Å². The van der Waals surface area contributed by atoms with Crippen LogP contribution in [0.1, 0.15) is 6.92 Å². The summed E-state index contributed by atoms with van der Waals surface area (Å²) in [4.78, 5) is 10.1. The Morgan fingerprint density at radius 2 is 2.14 bits per heavy atom. The van der Waals surface area contributed by atoms with Crippen molar-refractivity contribution in [3.63, 3.8) is 0 Å². The number of carbonyl (C=O) groups is 1. The molecule has 0 saturated heterocycles. The van der Waals surface area contributed by atoms with E-state index < -0.39 is 5.97 Å². The topological polar surface area (TPSA) is 52.3 Å². The minimum absolute atomic E-state index is 0.183. The van der Waals surface area contributed by atoms with Crippen molar-refractivity contribution in [1.82, 2.24) is 0 Å². The summed E-state index contributed by atoms with van der Waals surface area (Å²) in [5, 5.41) is 0. The van der Waals surface area contributed by atoms with Gasteiger partial charge in [0, 0.05) is 0 Å². The minimum Gasteiger partial charge on any atom is -0.468 e. The first-order chi connectivity index (χ1) is 3.18. The second kappa shape index (κ2) is 2.58. The zero-order valence-corrected chi connectivity index (χ0v) is 4.39. The molecule has 7 heavy (non-hydrogen) atoms. The number of hydrogen-bond donors (Lipinski definition) is 1. The lowest BCUT2D eigenvalue weighted by Gasteiger charge is -1.97. The van der Waals surface area contributed by atoms with E-state index in [9.17, 15) is 4.79 Å². The second-order valence-electron chi connectivity index (χ2n) is 1.17. The first-order valence-corrected chi connectivity index (χ1v) is 1.86. The van der Waals surface area contributed by atoms with Gasteiger partial charge in [0.1, 0.15) is 6.04 Å². The summed E-state index contributed by atoms with van der Waals surface area (Å²) >= 11 is 0. The molecule has 3 heteroatoms. The third-order valence-corrected chi connectivity index (χ3v) is 0.507. The summed E-state index contributed by atoms with van der Waals surface area (Å²) in [5.41, 5.74) is 4.99. The first-order valence-electron chi connectivity index (χ1n) is 1.86. The van der Waals surface area contributed by atoms with Gasteiger partial charge in [-0.15, -0.1) is 0 Å². The minimum atomic E-state index is -0.458. The summed E-state index contributed by atoms with van der Waals surface area (Å²) in [5.74, 6) is -0.458. The highest BCUT2D eigenvalue weighted by atomic mass is 16.5. The van der Waals surface area contributed by atoms with Crippen molar-refractivity contribution < 1.29 is 9.53 Å². The van der Waals surface area contributed by atoms with E-state index in [4.69, 9.17) is 5.73 Å². The molecule has 0 aliphatic rings. The molecule has 0 aliphatic heterocycles. The number of methoxy groups -OCH3 is 1. The molecule has 0 bridgehead atoms. The molecule has 41 valence electrons. The lowest BCUT2D eigenvalue weighted by Crippen LogP contribution is -2.18. The molecule has 3 nitrogen and oxygen atoms in total. The van der Waals surface area contributed by atoms with Gasteiger partial charge in [0.15, 0.2) is 0 Å². The molecular formula is C4H8NO2. The van der Waals surface area contributed by atoms with Crippen LogP contribution in [0, 0.1) is 6.04 Å². The quantitative estimate of drug-likeness (QED) is 0.461. The maximum absolute atomic E-state index is 10.1. The van der Waals surface area contributed by atoms with Gasteiger partial charge in [0.25, 0.3) is 0 Å². The van der Waals surface area contributed by atoms with Crippen LogP contribution < -0.4 is 5.73 Å². The lowest BCUT2D eigenvalue weighted by atomic mass is 10.4. The van der Waals surface area contributed by atoms with Gasteiger partial charge < -0.3 is 10.5 Å². The zero-order valence-electron chi connectivity index (χ0n) is 4.39. The molecule has 0 saturated carbocycles. The molecule has 0 aromatic rings. The molecule has 2 N–H and O–H groups in total. The highest BCUT2D eigenvalue weighted by molar-refractivity contribution is 5.82. The largest absolute Gasteiger partial charge is 0.468 e. The van der Waals surface area contributed by atoms with Gasteiger partial charge >= 0.3 is 5.97 Å². The predicted octanol–water partition coefficient (Wildman–Crippen LogP) is -0.330. The fourth-order valence-electron chi connectivity index (χ4n) is 0.161. The predicted molar refractivity (Wildman–Crippen MR) is 25.1 cm³/mol. The Kier molecular flexibility index (Phi) is 2.37. The molecule has 0 aliphatic carbocycles. The number of hydrogen-bond acceptors (Lipinski definition) is 3. The highest BCUT2D eigenvalue weighted by Crippen LogP contribution is 1.86. The van der Waals surface area contributed by atoms with Gasteiger partial charge in [-0.05, 0) is 6.92 Å². The fourth-order valence-corrected chi connectivity index (χ4v) is 0.161. The van der Waals surface area contributed by atoms with E-state index >= 15 is 0 Å². The lowest BCUT2D eigenvalue weighted by molar-refractivity contribution is -0.138. The fraction of sp³-hybridized carbons (Fsp3) is 0.500. The van der Waals surface area contributed by atoms with Gasteiger partial charge in [0.2, 0.25) is 0 Å². The number of rotatable bonds is 1. The normalized spacial score (nSPS) is 9.14. The smallest absolute Gasteiger partial charge is 0.328 e. The van der Waals surface area contributed by atoms with Gasteiger partial charge in [-0.3, -0.25) is 0 Å². The van der Waals surface area contributed by atoms with E-state index in [-0.39, 0.29) is 6.04 Å². The maximum Gasteiger partial charge on any atom is 0.328 e. The third-order valence-electron chi connectivity index (χ3n) is 0.507. The average molecular weight is 102 g/mol. The molecule has 0 heterocycles. The number of nitrogens with two attached hydrogens (primary N) is 1. The summed E-state index contributed by atoms with van der Waals surface area (Å²) in [6.45, 7) is 1.49. The summed E-state index contributed by atoms with van der Waals surface area (Å²) in [6.07, 6.45) is 0. The van der Waals surface area contributed by atoms with E-state index in [1.54, 1.807) is 0 Å². The van der Waals surface area contributed by atoms with Crippen molar-refractivity contribution in [3.8, 4) is 0 Å². The molecule has 0 amide bonds. The van der Waals surface area contributed by atoms with Crippen LogP contribution in [0.3, 0.4) is 0 Å².